The van der Waals surface area contributed by atoms with E-state index in [-0.39, 0.29) is 0 Å². The van der Waals surface area contributed by atoms with Crippen molar-refractivity contribution in [3.05, 3.63) is 24.4 Å². The van der Waals surface area contributed by atoms with Crippen molar-refractivity contribution in [1.29, 1.82) is 0 Å². The Morgan fingerprint density at radius 3 is 2.55 bits per heavy atom. The Labute approximate surface area is 69.2 Å². The van der Waals surface area contributed by atoms with E-state index in [0.29, 0.717) is 0 Å². The van der Waals surface area contributed by atoms with Gasteiger partial charge in [-0.25, -0.2) is 0 Å². The van der Waals surface area contributed by atoms with Gasteiger partial charge in [0.2, 0.25) is 0 Å². The van der Waals surface area contributed by atoms with Gasteiger partial charge < -0.3 is 5.32 Å². The first-order valence-electron chi connectivity index (χ1n) is 4.44. The highest BCUT2D eigenvalue weighted by Crippen LogP contribution is 2.25. The minimum atomic E-state index is 0.858. The van der Waals surface area contributed by atoms with Gasteiger partial charge in [0, 0.05) is 7.05 Å². The first-order valence-corrected chi connectivity index (χ1v) is 4.44. The van der Waals surface area contributed by atoms with E-state index in [4.69, 9.17) is 0 Å². The van der Waals surface area contributed by atoms with Crippen LogP contribution < -0.4 is 5.32 Å². The molecule has 1 rings (SSSR count). The molecule has 0 aromatic carbocycles. The highest BCUT2D eigenvalue weighted by atomic mass is 14.8. The van der Waals surface area contributed by atoms with Gasteiger partial charge in [0.25, 0.3) is 0 Å². The molecule has 0 saturated heterocycles. The first kappa shape index (κ1) is 8.38. The highest BCUT2D eigenvalue weighted by Gasteiger charge is 2.10. The van der Waals surface area contributed by atoms with Crippen LogP contribution in [0.1, 0.15) is 25.7 Å². The molecule has 0 heterocycles. The smallest absolute Gasteiger partial charge is 0.00277 e. The summed E-state index contributed by atoms with van der Waals surface area (Å²) in [5, 5.41) is 2.96. The Morgan fingerprint density at radius 1 is 1.18 bits per heavy atom. The summed E-state index contributed by atoms with van der Waals surface area (Å²) in [6.07, 6.45) is 14.1. The molecule has 0 amide bonds. The molecule has 1 N–H and O–H groups in total. The summed E-state index contributed by atoms with van der Waals surface area (Å²) in [7, 11) is 1.92. The SMILES string of the molecule is CN/C=C\C=C\C1CCCC1. The fourth-order valence-electron chi connectivity index (χ4n) is 1.52. The van der Waals surface area contributed by atoms with Crippen molar-refractivity contribution in [2.75, 3.05) is 7.05 Å². The van der Waals surface area contributed by atoms with Gasteiger partial charge >= 0.3 is 0 Å². The molecule has 1 aliphatic rings. The van der Waals surface area contributed by atoms with E-state index in [2.05, 4.69) is 23.5 Å². The van der Waals surface area contributed by atoms with Gasteiger partial charge in [-0.2, -0.15) is 0 Å². The second kappa shape index (κ2) is 5.00. The molecule has 1 fully saturated rings. The summed E-state index contributed by atoms with van der Waals surface area (Å²) in [6, 6.07) is 0. The lowest BCUT2D eigenvalue weighted by Crippen LogP contribution is -1.90. The predicted octanol–water partition coefficient (Wildman–Crippen LogP) is 2.47. The van der Waals surface area contributed by atoms with E-state index in [1.54, 1.807) is 0 Å². The van der Waals surface area contributed by atoms with Crippen molar-refractivity contribution in [2.45, 2.75) is 25.7 Å². The van der Waals surface area contributed by atoms with Crippen molar-refractivity contribution in [3.63, 3.8) is 0 Å². The summed E-state index contributed by atoms with van der Waals surface area (Å²) in [4.78, 5) is 0. The maximum absolute atomic E-state index is 2.96. The molecule has 1 aliphatic carbocycles. The summed E-state index contributed by atoms with van der Waals surface area (Å²) in [5.41, 5.74) is 0. The molecular formula is C10H17N. The molecule has 1 nitrogen and oxygen atoms in total. The Bertz CT molecular complexity index is 141. The van der Waals surface area contributed by atoms with Crippen molar-refractivity contribution in [1.82, 2.24) is 5.32 Å². The zero-order valence-corrected chi connectivity index (χ0v) is 7.22. The normalized spacial score (nSPS) is 20.5. The third-order valence-corrected chi connectivity index (χ3v) is 2.16. The molecule has 0 unspecified atom stereocenters. The number of hydrogen-bond acceptors (Lipinski definition) is 1. The van der Waals surface area contributed by atoms with Crippen molar-refractivity contribution in [2.24, 2.45) is 5.92 Å². The van der Waals surface area contributed by atoms with Gasteiger partial charge in [-0.1, -0.05) is 25.0 Å². The molecule has 1 heteroatoms. The number of allylic oxidation sites excluding steroid dienone is 3. The minimum absolute atomic E-state index is 0.858. The molecule has 0 radical (unpaired) electrons. The Hall–Kier alpha value is -0.720. The number of rotatable bonds is 3. The van der Waals surface area contributed by atoms with E-state index in [9.17, 15) is 0 Å². The van der Waals surface area contributed by atoms with Crippen molar-refractivity contribution < 1.29 is 0 Å². The van der Waals surface area contributed by atoms with E-state index >= 15 is 0 Å². The average Bonchev–Trinajstić information content (AvgIpc) is 2.50. The van der Waals surface area contributed by atoms with Crippen molar-refractivity contribution in [3.8, 4) is 0 Å². The summed E-state index contributed by atoms with van der Waals surface area (Å²) < 4.78 is 0. The van der Waals surface area contributed by atoms with Crippen LogP contribution in [0.25, 0.3) is 0 Å². The zero-order chi connectivity index (χ0) is 7.94. The molecule has 0 aromatic heterocycles. The van der Waals surface area contributed by atoms with Gasteiger partial charge in [-0.3, -0.25) is 0 Å². The first-order chi connectivity index (χ1) is 5.43. The lowest BCUT2D eigenvalue weighted by molar-refractivity contribution is 0.686. The highest BCUT2D eigenvalue weighted by molar-refractivity contribution is 5.04. The van der Waals surface area contributed by atoms with Crippen LogP contribution in [0.15, 0.2) is 24.4 Å². The molecule has 0 spiro atoms. The quantitative estimate of drug-likeness (QED) is 0.611. The molecule has 0 aliphatic heterocycles. The lowest BCUT2D eigenvalue weighted by Gasteiger charge is -1.97. The zero-order valence-electron chi connectivity index (χ0n) is 7.22. The lowest BCUT2D eigenvalue weighted by atomic mass is 10.1. The molecule has 1 saturated carbocycles. The number of nitrogens with one attached hydrogen (secondary N) is 1. The van der Waals surface area contributed by atoms with E-state index in [0.717, 1.165) is 5.92 Å². The fourth-order valence-corrected chi connectivity index (χ4v) is 1.52. The maximum atomic E-state index is 2.96. The Morgan fingerprint density at radius 2 is 1.91 bits per heavy atom. The van der Waals surface area contributed by atoms with Crippen LogP contribution >= 0.6 is 0 Å². The Kier molecular flexibility index (Phi) is 3.81. The van der Waals surface area contributed by atoms with Gasteiger partial charge in [0.15, 0.2) is 0 Å². The number of hydrogen-bond donors (Lipinski definition) is 1. The van der Waals surface area contributed by atoms with E-state index in [1.165, 1.54) is 25.7 Å². The average molecular weight is 151 g/mol. The van der Waals surface area contributed by atoms with Gasteiger partial charge in [0.05, 0.1) is 0 Å². The predicted molar refractivity (Wildman–Crippen MR) is 49.3 cm³/mol. The minimum Gasteiger partial charge on any atom is -0.394 e. The second-order valence-corrected chi connectivity index (χ2v) is 3.08. The molecule has 0 bridgehead atoms. The summed E-state index contributed by atoms with van der Waals surface area (Å²) in [5.74, 6) is 0.858. The molecule has 0 atom stereocenters. The van der Waals surface area contributed by atoms with Crippen LogP contribution in [0.3, 0.4) is 0 Å². The summed E-state index contributed by atoms with van der Waals surface area (Å²) >= 11 is 0. The van der Waals surface area contributed by atoms with E-state index in [1.807, 2.05) is 13.2 Å². The van der Waals surface area contributed by atoms with Crippen LogP contribution in [-0.4, -0.2) is 7.05 Å². The standard InChI is InChI=1S/C10H17N/c1-11-9-5-4-8-10-6-2-3-7-10/h4-5,8-11H,2-3,6-7H2,1H3/b8-4+,9-5-. The third kappa shape index (κ3) is 3.26. The van der Waals surface area contributed by atoms with Crippen LogP contribution in [0, 0.1) is 5.92 Å². The second-order valence-electron chi connectivity index (χ2n) is 3.08. The largest absolute Gasteiger partial charge is 0.394 e. The van der Waals surface area contributed by atoms with Crippen LogP contribution in [0.4, 0.5) is 0 Å². The van der Waals surface area contributed by atoms with Gasteiger partial charge in [-0.15, -0.1) is 0 Å². The van der Waals surface area contributed by atoms with Crippen LogP contribution in [0.2, 0.25) is 0 Å². The van der Waals surface area contributed by atoms with Crippen LogP contribution in [0.5, 0.6) is 0 Å². The summed E-state index contributed by atoms with van der Waals surface area (Å²) in [6.45, 7) is 0. The maximum Gasteiger partial charge on any atom is 0.00277 e. The van der Waals surface area contributed by atoms with Crippen LogP contribution in [-0.2, 0) is 0 Å². The topological polar surface area (TPSA) is 12.0 Å². The molecule has 11 heavy (non-hydrogen) atoms. The molecule has 0 aromatic rings. The fraction of sp³-hybridized carbons (Fsp3) is 0.600. The van der Waals surface area contributed by atoms with Gasteiger partial charge in [0.1, 0.15) is 0 Å². The molecular weight excluding hydrogens is 134 g/mol. The Balaban J connectivity index is 2.17. The molecule has 62 valence electrons. The van der Waals surface area contributed by atoms with Crippen molar-refractivity contribution >= 4 is 0 Å². The third-order valence-electron chi connectivity index (χ3n) is 2.16. The van der Waals surface area contributed by atoms with E-state index < -0.39 is 0 Å². The monoisotopic (exact) mass is 151 g/mol. The van der Waals surface area contributed by atoms with Gasteiger partial charge in [-0.05, 0) is 31.0 Å².